The SMILES string of the molecule is CCN(CC)CCOC(=O)c1ccc(NC(=O)c2ccc(Cl)c(S(=O)(=O)Nc3ccccc3OC)c2)cc1.Cl. The molecule has 3 rings (SSSR count). The summed E-state index contributed by atoms with van der Waals surface area (Å²) in [6.07, 6.45) is 0. The summed E-state index contributed by atoms with van der Waals surface area (Å²) < 4.78 is 39.0. The lowest BCUT2D eigenvalue weighted by Gasteiger charge is -2.17. The lowest BCUT2D eigenvalue weighted by molar-refractivity contribution is 0.0466. The zero-order valence-corrected chi connectivity index (χ0v) is 24.2. The number of hydrogen-bond donors (Lipinski definition) is 2. The fraction of sp³-hybridized carbons (Fsp3) is 0.259. The van der Waals surface area contributed by atoms with Crippen molar-refractivity contribution in [1.82, 2.24) is 4.90 Å². The Balaban J connectivity index is 0.00000533. The standard InChI is InChI=1S/C27H30ClN3O6S.ClH/c1-4-31(5-2)16-17-37-27(33)19-10-13-21(14-11-19)29-26(32)20-12-15-22(28)25(18-20)38(34,35)30-23-8-6-7-9-24(23)36-3;/h6-15,18,30H,4-5,16-17H2,1-3H3,(H,29,32);1H. The summed E-state index contributed by atoms with van der Waals surface area (Å²) in [5, 5.41) is 2.64. The fourth-order valence-electron chi connectivity index (χ4n) is 3.56. The first-order valence-corrected chi connectivity index (χ1v) is 13.8. The Labute approximate surface area is 239 Å². The number of nitrogens with zero attached hydrogens (tertiary/aromatic N) is 1. The lowest BCUT2D eigenvalue weighted by atomic mass is 10.2. The molecule has 0 fully saturated rings. The number of amides is 1. The normalized spacial score (nSPS) is 10.9. The van der Waals surface area contributed by atoms with Crippen molar-refractivity contribution in [2.24, 2.45) is 0 Å². The monoisotopic (exact) mass is 595 g/mol. The van der Waals surface area contributed by atoms with Crippen LogP contribution >= 0.6 is 24.0 Å². The summed E-state index contributed by atoms with van der Waals surface area (Å²) in [4.78, 5) is 27.0. The first-order chi connectivity index (χ1) is 18.2. The van der Waals surface area contributed by atoms with Gasteiger partial charge in [-0.2, -0.15) is 0 Å². The molecule has 0 bridgehead atoms. The average Bonchev–Trinajstić information content (AvgIpc) is 2.91. The summed E-state index contributed by atoms with van der Waals surface area (Å²) >= 11 is 6.17. The Bertz CT molecular complexity index is 1380. The largest absolute Gasteiger partial charge is 0.495 e. The second kappa shape index (κ2) is 14.7. The number of carbonyl (C=O) groups is 2. The second-order valence-electron chi connectivity index (χ2n) is 8.15. The van der Waals surface area contributed by atoms with E-state index in [0.29, 0.717) is 23.5 Å². The highest BCUT2D eigenvalue weighted by atomic mass is 35.5. The Hall–Kier alpha value is -3.31. The molecule has 0 radical (unpaired) electrons. The number of anilines is 2. The molecule has 39 heavy (non-hydrogen) atoms. The van der Waals surface area contributed by atoms with Gasteiger partial charge in [-0.05, 0) is 67.7 Å². The van der Waals surface area contributed by atoms with Crippen LogP contribution in [0.5, 0.6) is 5.75 Å². The molecule has 0 unspecified atom stereocenters. The van der Waals surface area contributed by atoms with Gasteiger partial charge in [0.15, 0.2) is 0 Å². The Morgan fingerprint density at radius 2 is 1.59 bits per heavy atom. The molecule has 210 valence electrons. The minimum absolute atomic E-state index is 0. The summed E-state index contributed by atoms with van der Waals surface area (Å²) in [6, 6.07) is 16.7. The van der Waals surface area contributed by atoms with Crippen LogP contribution in [0.4, 0.5) is 11.4 Å². The van der Waals surface area contributed by atoms with Crippen LogP contribution in [0.1, 0.15) is 34.6 Å². The third-order valence-electron chi connectivity index (χ3n) is 5.75. The maximum absolute atomic E-state index is 13.0. The molecule has 0 saturated carbocycles. The quantitative estimate of drug-likeness (QED) is 0.272. The Morgan fingerprint density at radius 3 is 2.23 bits per heavy atom. The number of sulfonamides is 1. The molecule has 3 aromatic rings. The van der Waals surface area contributed by atoms with E-state index in [1.54, 1.807) is 48.5 Å². The van der Waals surface area contributed by atoms with Crippen LogP contribution < -0.4 is 14.8 Å². The molecule has 2 N–H and O–H groups in total. The maximum Gasteiger partial charge on any atom is 0.338 e. The molecule has 9 nitrogen and oxygen atoms in total. The number of nitrogens with one attached hydrogen (secondary N) is 2. The number of rotatable bonds is 12. The maximum atomic E-state index is 13.0. The van der Waals surface area contributed by atoms with Crippen LogP contribution in [0.25, 0.3) is 0 Å². The summed E-state index contributed by atoms with van der Waals surface area (Å²) in [7, 11) is -2.71. The molecular formula is C27H31Cl2N3O6S. The van der Waals surface area contributed by atoms with E-state index < -0.39 is 21.9 Å². The van der Waals surface area contributed by atoms with Crippen molar-refractivity contribution in [1.29, 1.82) is 0 Å². The highest BCUT2D eigenvalue weighted by molar-refractivity contribution is 7.92. The molecule has 0 saturated heterocycles. The van der Waals surface area contributed by atoms with Crippen molar-refractivity contribution in [3.8, 4) is 5.75 Å². The van der Waals surface area contributed by atoms with Gasteiger partial charge in [-0.1, -0.05) is 37.6 Å². The van der Waals surface area contributed by atoms with Crippen molar-refractivity contribution in [2.45, 2.75) is 18.7 Å². The van der Waals surface area contributed by atoms with Gasteiger partial charge in [0.2, 0.25) is 0 Å². The van der Waals surface area contributed by atoms with Crippen molar-refractivity contribution in [2.75, 3.05) is 43.4 Å². The molecule has 0 heterocycles. The molecule has 0 aliphatic heterocycles. The summed E-state index contributed by atoms with van der Waals surface area (Å²) in [6.45, 7) is 6.78. The molecule has 0 aliphatic rings. The van der Waals surface area contributed by atoms with E-state index in [1.807, 2.05) is 13.8 Å². The molecule has 12 heteroatoms. The third-order valence-corrected chi connectivity index (χ3v) is 7.59. The van der Waals surface area contributed by atoms with Crippen LogP contribution in [-0.2, 0) is 14.8 Å². The smallest absolute Gasteiger partial charge is 0.338 e. The number of likely N-dealkylation sites (N-methyl/N-ethyl adjacent to an activating group) is 1. The number of ether oxygens (including phenoxy) is 2. The Morgan fingerprint density at radius 1 is 0.949 bits per heavy atom. The number of esters is 1. The van der Waals surface area contributed by atoms with Crippen LogP contribution in [0.2, 0.25) is 5.02 Å². The van der Waals surface area contributed by atoms with Gasteiger partial charge in [0.05, 0.1) is 23.4 Å². The van der Waals surface area contributed by atoms with Crippen LogP contribution in [0.3, 0.4) is 0 Å². The lowest BCUT2D eigenvalue weighted by Crippen LogP contribution is -2.27. The van der Waals surface area contributed by atoms with Gasteiger partial charge in [0.25, 0.3) is 15.9 Å². The van der Waals surface area contributed by atoms with Gasteiger partial charge in [0, 0.05) is 17.8 Å². The number of hydrogen-bond acceptors (Lipinski definition) is 7. The number of halogens is 2. The fourth-order valence-corrected chi connectivity index (χ4v) is 5.16. The van der Waals surface area contributed by atoms with Crippen LogP contribution in [-0.4, -0.2) is 58.5 Å². The predicted molar refractivity (Wildman–Crippen MR) is 155 cm³/mol. The zero-order chi connectivity index (χ0) is 27.7. The molecule has 0 aliphatic carbocycles. The van der Waals surface area contributed by atoms with E-state index in [4.69, 9.17) is 21.1 Å². The molecule has 0 aromatic heterocycles. The van der Waals surface area contributed by atoms with Crippen molar-refractivity contribution in [3.05, 3.63) is 82.9 Å². The predicted octanol–water partition coefficient (Wildman–Crippen LogP) is 5.32. The van der Waals surface area contributed by atoms with E-state index in [-0.39, 0.29) is 40.2 Å². The van der Waals surface area contributed by atoms with Gasteiger partial charge in [-0.3, -0.25) is 9.52 Å². The van der Waals surface area contributed by atoms with Crippen molar-refractivity contribution in [3.63, 3.8) is 0 Å². The first kappa shape index (κ1) is 31.9. The number of benzene rings is 3. The van der Waals surface area contributed by atoms with Gasteiger partial charge < -0.3 is 19.7 Å². The number of methoxy groups -OCH3 is 1. The van der Waals surface area contributed by atoms with E-state index in [9.17, 15) is 18.0 Å². The highest BCUT2D eigenvalue weighted by Crippen LogP contribution is 2.29. The number of para-hydroxylation sites is 2. The molecule has 3 aromatic carbocycles. The Kier molecular flexibility index (Phi) is 12.1. The molecule has 1 amide bonds. The topological polar surface area (TPSA) is 114 Å². The van der Waals surface area contributed by atoms with Crippen LogP contribution in [0, 0.1) is 0 Å². The molecular weight excluding hydrogens is 565 g/mol. The van der Waals surface area contributed by atoms with E-state index in [1.165, 1.54) is 25.3 Å². The van der Waals surface area contributed by atoms with Crippen molar-refractivity contribution >= 4 is 57.3 Å². The second-order valence-corrected chi connectivity index (χ2v) is 10.2. The van der Waals surface area contributed by atoms with Gasteiger partial charge in [-0.25, -0.2) is 13.2 Å². The minimum Gasteiger partial charge on any atom is -0.495 e. The minimum atomic E-state index is -4.13. The van der Waals surface area contributed by atoms with Gasteiger partial charge in [-0.15, -0.1) is 12.4 Å². The average molecular weight is 597 g/mol. The molecule has 0 spiro atoms. The van der Waals surface area contributed by atoms with Crippen molar-refractivity contribution < 1.29 is 27.5 Å². The van der Waals surface area contributed by atoms with Crippen LogP contribution in [0.15, 0.2) is 71.6 Å². The third kappa shape index (κ3) is 8.59. The molecule has 0 atom stereocenters. The van der Waals surface area contributed by atoms with E-state index >= 15 is 0 Å². The summed E-state index contributed by atoms with van der Waals surface area (Å²) in [5.41, 5.74) is 1.08. The highest BCUT2D eigenvalue weighted by Gasteiger charge is 2.22. The first-order valence-electron chi connectivity index (χ1n) is 11.9. The van der Waals surface area contributed by atoms with Gasteiger partial charge >= 0.3 is 5.97 Å². The van der Waals surface area contributed by atoms with Gasteiger partial charge in [0.1, 0.15) is 17.3 Å². The summed E-state index contributed by atoms with van der Waals surface area (Å²) in [5.74, 6) is -0.674. The number of carbonyl (C=O) groups excluding carboxylic acids is 2. The van der Waals surface area contributed by atoms with E-state index in [0.717, 1.165) is 13.1 Å². The van der Waals surface area contributed by atoms with E-state index in [2.05, 4.69) is 14.9 Å². The zero-order valence-electron chi connectivity index (χ0n) is 21.8.